The second kappa shape index (κ2) is 6.12. The summed E-state index contributed by atoms with van der Waals surface area (Å²) in [5, 5.41) is 0.751. The molecule has 0 saturated heterocycles. The van der Waals surface area contributed by atoms with Crippen molar-refractivity contribution in [2.24, 2.45) is 11.7 Å². The number of hydrogen-bond acceptors (Lipinski definition) is 2. The van der Waals surface area contributed by atoms with E-state index in [-0.39, 0.29) is 0 Å². The van der Waals surface area contributed by atoms with E-state index in [1.165, 1.54) is 12.1 Å². The summed E-state index contributed by atoms with van der Waals surface area (Å²) in [6, 6.07) is 5.92. The van der Waals surface area contributed by atoms with Gasteiger partial charge in [-0.25, -0.2) is 0 Å². The van der Waals surface area contributed by atoms with E-state index in [1.807, 2.05) is 18.2 Å². The molecule has 0 bridgehead atoms. The molecule has 0 aliphatic heterocycles. The number of rotatable bonds is 5. The molecule has 16 heavy (non-hydrogen) atoms. The molecule has 1 atom stereocenters. The Hall–Kier alpha value is -0.730. The summed E-state index contributed by atoms with van der Waals surface area (Å²) >= 11 is 5.96. The minimum atomic E-state index is 0.529. The van der Waals surface area contributed by atoms with Gasteiger partial charge in [0.05, 0.1) is 0 Å². The van der Waals surface area contributed by atoms with E-state index in [9.17, 15) is 0 Å². The van der Waals surface area contributed by atoms with Gasteiger partial charge in [-0.05, 0) is 29.7 Å². The van der Waals surface area contributed by atoms with Crippen molar-refractivity contribution in [2.75, 3.05) is 18.5 Å². The number of hydrogen-bond donors (Lipinski definition) is 1. The number of halogens is 1. The van der Waals surface area contributed by atoms with Gasteiger partial charge in [0.15, 0.2) is 0 Å². The molecule has 0 aliphatic carbocycles. The molecule has 1 rings (SSSR count). The zero-order chi connectivity index (χ0) is 12.1. The molecule has 0 aliphatic rings. The average molecular weight is 241 g/mol. The monoisotopic (exact) mass is 240 g/mol. The molecule has 2 N–H and O–H groups in total. The molecule has 1 unspecified atom stereocenters. The van der Waals surface area contributed by atoms with Crippen molar-refractivity contribution in [3.63, 3.8) is 0 Å². The first-order valence-corrected chi connectivity index (χ1v) is 6.15. The van der Waals surface area contributed by atoms with Crippen LogP contribution in [0.3, 0.4) is 0 Å². The van der Waals surface area contributed by atoms with Crippen LogP contribution in [0.15, 0.2) is 18.2 Å². The van der Waals surface area contributed by atoms with E-state index in [2.05, 4.69) is 25.8 Å². The summed E-state index contributed by atoms with van der Waals surface area (Å²) in [4.78, 5) is 2.26. The molecule has 1 aromatic carbocycles. The summed E-state index contributed by atoms with van der Waals surface area (Å²) < 4.78 is 0. The van der Waals surface area contributed by atoms with Crippen LogP contribution < -0.4 is 10.6 Å². The minimum Gasteiger partial charge on any atom is -0.374 e. The maximum absolute atomic E-state index is 5.96. The predicted molar refractivity (Wildman–Crippen MR) is 72.1 cm³/mol. The lowest BCUT2D eigenvalue weighted by molar-refractivity contribution is 0.559. The summed E-state index contributed by atoms with van der Waals surface area (Å²) in [6.45, 7) is 6.05. The normalized spacial score (nSPS) is 12.6. The third-order valence-electron chi connectivity index (χ3n) is 2.96. The molecule has 0 spiro atoms. The minimum absolute atomic E-state index is 0.529. The van der Waals surface area contributed by atoms with Crippen molar-refractivity contribution in [1.82, 2.24) is 0 Å². The van der Waals surface area contributed by atoms with Gasteiger partial charge in [-0.15, -0.1) is 0 Å². The third kappa shape index (κ3) is 3.39. The first-order chi connectivity index (χ1) is 7.58. The van der Waals surface area contributed by atoms with Crippen LogP contribution in [0, 0.1) is 5.92 Å². The van der Waals surface area contributed by atoms with Gasteiger partial charge in [0.2, 0.25) is 0 Å². The molecule has 0 saturated carbocycles. The Balaban J connectivity index is 2.85. The fourth-order valence-electron chi connectivity index (χ4n) is 1.78. The summed E-state index contributed by atoms with van der Waals surface area (Å²) in [5.41, 5.74) is 8.03. The molecule has 1 aromatic rings. The Morgan fingerprint density at radius 3 is 2.69 bits per heavy atom. The standard InChI is InChI=1S/C13H21ClN2/c1-4-10(2)9-16(3)13-6-5-12(14)7-11(13)8-15/h5-7,10H,4,8-9,15H2,1-3H3. The molecule has 0 heterocycles. The largest absolute Gasteiger partial charge is 0.374 e. The lowest BCUT2D eigenvalue weighted by Gasteiger charge is -2.25. The maximum Gasteiger partial charge on any atom is 0.0410 e. The summed E-state index contributed by atoms with van der Waals surface area (Å²) in [6.07, 6.45) is 1.19. The predicted octanol–water partition coefficient (Wildman–Crippen LogP) is 3.28. The zero-order valence-corrected chi connectivity index (χ0v) is 11.1. The summed E-state index contributed by atoms with van der Waals surface area (Å²) in [5.74, 6) is 0.686. The topological polar surface area (TPSA) is 29.3 Å². The van der Waals surface area contributed by atoms with Crippen molar-refractivity contribution < 1.29 is 0 Å². The van der Waals surface area contributed by atoms with E-state index in [0.29, 0.717) is 12.5 Å². The molecule has 3 heteroatoms. The van der Waals surface area contributed by atoms with Crippen molar-refractivity contribution in [2.45, 2.75) is 26.8 Å². The molecule has 0 fully saturated rings. The van der Waals surface area contributed by atoms with Gasteiger partial charge in [0.1, 0.15) is 0 Å². The van der Waals surface area contributed by atoms with Crippen LogP contribution in [0.1, 0.15) is 25.8 Å². The smallest absolute Gasteiger partial charge is 0.0410 e. The van der Waals surface area contributed by atoms with Gasteiger partial charge in [0.25, 0.3) is 0 Å². The van der Waals surface area contributed by atoms with Gasteiger partial charge in [-0.1, -0.05) is 31.9 Å². The van der Waals surface area contributed by atoms with E-state index in [0.717, 1.165) is 17.1 Å². The molecule has 0 radical (unpaired) electrons. The van der Waals surface area contributed by atoms with E-state index in [4.69, 9.17) is 17.3 Å². The Morgan fingerprint density at radius 1 is 1.44 bits per heavy atom. The van der Waals surface area contributed by atoms with Gasteiger partial charge >= 0.3 is 0 Å². The Morgan fingerprint density at radius 2 is 2.12 bits per heavy atom. The third-order valence-corrected chi connectivity index (χ3v) is 3.19. The van der Waals surface area contributed by atoms with Crippen LogP contribution in [0.4, 0.5) is 5.69 Å². The van der Waals surface area contributed by atoms with E-state index in [1.54, 1.807) is 0 Å². The molecular weight excluding hydrogens is 220 g/mol. The van der Waals surface area contributed by atoms with Crippen molar-refractivity contribution in [1.29, 1.82) is 0 Å². The highest BCUT2D eigenvalue weighted by molar-refractivity contribution is 6.30. The van der Waals surface area contributed by atoms with Crippen molar-refractivity contribution >= 4 is 17.3 Å². The summed E-state index contributed by atoms with van der Waals surface area (Å²) in [7, 11) is 2.11. The lowest BCUT2D eigenvalue weighted by Crippen LogP contribution is -2.25. The van der Waals surface area contributed by atoms with E-state index >= 15 is 0 Å². The number of nitrogens with zero attached hydrogens (tertiary/aromatic N) is 1. The number of anilines is 1. The van der Waals surface area contributed by atoms with Crippen LogP contribution in [0.5, 0.6) is 0 Å². The fourth-order valence-corrected chi connectivity index (χ4v) is 1.98. The number of benzene rings is 1. The average Bonchev–Trinajstić information content (AvgIpc) is 2.28. The molecule has 2 nitrogen and oxygen atoms in total. The maximum atomic E-state index is 5.96. The second-order valence-electron chi connectivity index (χ2n) is 4.37. The lowest BCUT2D eigenvalue weighted by atomic mass is 10.1. The van der Waals surface area contributed by atoms with Gasteiger partial charge in [0, 0.05) is 30.8 Å². The van der Waals surface area contributed by atoms with Crippen LogP contribution >= 0.6 is 11.6 Å². The molecule has 90 valence electrons. The SMILES string of the molecule is CCC(C)CN(C)c1ccc(Cl)cc1CN. The highest BCUT2D eigenvalue weighted by Gasteiger charge is 2.09. The van der Waals surface area contributed by atoms with Crippen LogP contribution in [-0.2, 0) is 6.54 Å². The van der Waals surface area contributed by atoms with Gasteiger partial charge < -0.3 is 10.6 Å². The Bertz CT molecular complexity index is 339. The Kier molecular flexibility index (Phi) is 5.10. The first kappa shape index (κ1) is 13.3. The first-order valence-electron chi connectivity index (χ1n) is 5.78. The fraction of sp³-hybridized carbons (Fsp3) is 0.538. The quantitative estimate of drug-likeness (QED) is 0.856. The molecule has 0 aromatic heterocycles. The molecular formula is C13H21ClN2. The number of nitrogens with two attached hydrogens (primary N) is 1. The van der Waals surface area contributed by atoms with E-state index < -0.39 is 0 Å². The second-order valence-corrected chi connectivity index (χ2v) is 4.81. The zero-order valence-electron chi connectivity index (χ0n) is 10.3. The Labute approximate surface area is 103 Å². The highest BCUT2D eigenvalue weighted by Crippen LogP contribution is 2.24. The van der Waals surface area contributed by atoms with Crippen LogP contribution in [0.25, 0.3) is 0 Å². The highest BCUT2D eigenvalue weighted by atomic mass is 35.5. The van der Waals surface area contributed by atoms with Crippen molar-refractivity contribution in [3.05, 3.63) is 28.8 Å². The van der Waals surface area contributed by atoms with Crippen LogP contribution in [-0.4, -0.2) is 13.6 Å². The van der Waals surface area contributed by atoms with Gasteiger partial charge in [-0.2, -0.15) is 0 Å². The van der Waals surface area contributed by atoms with Gasteiger partial charge in [-0.3, -0.25) is 0 Å². The van der Waals surface area contributed by atoms with Crippen LogP contribution in [0.2, 0.25) is 5.02 Å². The van der Waals surface area contributed by atoms with Crippen molar-refractivity contribution in [3.8, 4) is 0 Å². The molecule has 0 amide bonds.